The fraction of sp³-hybridized carbons (Fsp3) is 0.673. The van der Waals surface area contributed by atoms with Gasteiger partial charge in [0.05, 0.1) is 12.8 Å². The second-order valence-electron chi connectivity index (χ2n) is 21.2. The highest BCUT2D eigenvalue weighted by molar-refractivity contribution is 5.97. The van der Waals surface area contributed by atoms with Crippen molar-refractivity contribution in [1.82, 2.24) is 10.6 Å². The minimum atomic E-state index is -0.854. The number of nitrogens with one attached hydrogen (secondary N) is 3. The summed E-state index contributed by atoms with van der Waals surface area (Å²) >= 11 is 0. The average Bonchev–Trinajstić information content (AvgIpc) is 4.07. The number of allylic oxidation sites excluding steroid dienone is 2. The smallest absolute Gasteiger partial charge is 0.207 e. The van der Waals surface area contributed by atoms with E-state index in [-0.39, 0.29) is 47.6 Å². The van der Waals surface area contributed by atoms with Gasteiger partial charge in [0.15, 0.2) is 35.1 Å². The number of phenolic OH excluding ortho intramolecular Hbond substituents is 2. The zero-order valence-electron chi connectivity index (χ0n) is 40.7. The molecular weight excluding hydrogens is 845 g/mol. The minimum absolute atomic E-state index is 0.000627. The quantitative estimate of drug-likeness (QED) is 0.0550. The molecule has 12 nitrogen and oxygen atoms in total. The van der Waals surface area contributed by atoms with E-state index in [2.05, 4.69) is 58.0 Å². The number of nitrogens with zero attached hydrogens (tertiary/aromatic N) is 1. The maximum atomic E-state index is 15.6. The lowest BCUT2D eigenvalue weighted by molar-refractivity contribution is -0.125. The van der Waals surface area contributed by atoms with Crippen LogP contribution in [0.2, 0.25) is 0 Å². The van der Waals surface area contributed by atoms with Crippen LogP contribution in [0.25, 0.3) is 0 Å². The first-order valence-electron chi connectivity index (χ1n) is 25.6. The van der Waals surface area contributed by atoms with Gasteiger partial charge < -0.3 is 45.3 Å². The zero-order valence-corrected chi connectivity index (χ0v) is 40.7. The number of aromatic hydroxyl groups is 2. The van der Waals surface area contributed by atoms with Crippen LogP contribution in [-0.2, 0) is 21.4 Å². The topological polar surface area (TPSA) is 174 Å². The van der Waals surface area contributed by atoms with Crippen molar-refractivity contribution in [3.8, 4) is 35.0 Å². The third-order valence-corrected chi connectivity index (χ3v) is 17.9. The molecule has 1 aliphatic heterocycles. The summed E-state index contributed by atoms with van der Waals surface area (Å²) in [6, 6.07) is 12.9. The fourth-order valence-electron chi connectivity index (χ4n) is 14.9. The molecule has 0 amide bonds. The summed E-state index contributed by atoms with van der Waals surface area (Å²) in [5.41, 5.74) is 0.796. The van der Waals surface area contributed by atoms with E-state index in [1.165, 1.54) is 13.5 Å². The average molecular weight is 923 g/mol. The van der Waals surface area contributed by atoms with Crippen molar-refractivity contribution < 1.29 is 39.4 Å². The Morgan fingerprint density at radius 3 is 2.60 bits per heavy atom. The Bertz CT molecular complexity index is 2190. The van der Waals surface area contributed by atoms with Crippen LogP contribution in [0.15, 0.2) is 47.5 Å². The van der Waals surface area contributed by atoms with E-state index in [4.69, 9.17) is 14.2 Å². The van der Waals surface area contributed by atoms with Gasteiger partial charge in [-0.15, -0.1) is 0 Å². The second kappa shape index (κ2) is 21.2. The number of aliphatic hydroxyl groups excluding tert-OH is 2. The predicted molar refractivity (Wildman–Crippen MR) is 262 cm³/mol. The number of anilines is 1. The van der Waals surface area contributed by atoms with Gasteiger partial charge in [-0.2, -0.15) is 0 Å². The van der Waals surface area contributed by atoms with Gasteiger partial charge in [-0.05, 0) is 173 Å². The number of hydrogen-bond donors (Lipinski definition) is 7. The predicted octanol–water partition coefficient (Wildman–Crippen LogP) is 8.60. The lowest BCUT2D eigenvalue weighted by Crippen LogP contribution is -2.55. The van der Waals surface area contributed by atoms with Crippen molar-refractivity contribution in [1.29, 1.82) is 0 Å². The van der Waals surface area contributed by atoms with Crippen molar-refractivity contribution in [2.45, 2.75) is 140 Å². The minimum Gasteiger partial charge on any atom is -0.504 e. The van der Waals surface area contributed by atoms with Gasteiger partial charge in [0.2, 0.25) is 5.96 Å². The second-order valence-corrected chi connectivity index (χ2v) is 21.2. The van der Waals surface area contributed by atoms with Crippen LogP contribution in [0.1, 0.15) is 127 Å². The largest absolute Gasteiger partial charge is 0.504 e. The molecule has 0 radical (unpaired) electrons. The summed E-state index contributed by atoms with van der Waals surface area (Å²) in [6.07, 6.45) is 19.2. The molecule has 5 aliphatic carbocycles. The molecule has 8 rings (SSSR count). The number of carbonyl (C=O) groups excluding carboxylic acids is 1. The van der Waals surface area contributed by atoms with E-state index < -0.39 is 22.7 Å². The number of guanidine groups is 1. The molecular formula is C55H78N4O8. The molecule has 366 valence electrons. The number of aliphatic imine (C=N–C) groups is 1. The maximum Gasteiger partial charge on any atom is 0.207 e. The molecule has 0 aromatic heterocycles. The standard InChI is InChI=1S/C55H78N4O8/c1-6-35-15-17-40-41(13-10-26-60)43-14-8-23-55(43)39-30-45(51(64)48(31-39)67-53(34-56-2)24-21-37(32-53)29-50(63)66-5)59-52(57-3)58-25-9-12-38-11-7-22-54(38,49(62)20-18-44(55)42(40)27-35)33-36-16-19-46(61)47(28-36)65-4/h16,18-20,28,30-31,35,37-38,40-44,50,56,60-61,63-64H,6-8,10-15,17,21-24,26-27,29,32-34H2,1-5H3,(H2,57,58,59). The van der Waals surface area contributed by atoms with E-state index in [1.54, 1.807) is 20.2 Å². The van der Waals surface area contributed by atoms with Crippen LogP contribution in [-0.4, -0.2) is 85.5 Å². The third-order valence-electron chi connectivity index (χ3n) is 17.9. The lowest BCUT2D eigenvalue weighted by Gasteiger charge is -2.59. The molecule has 5 saturated carbocycles. The summed E-state index contributed by atoms with van der Waals surface area (Å²) < 4.78 is 18.1. The molecule has 0 saturated heterocycles. The number of carbonyl (C=O) groups is 1. The summed E-state index contributed by atoms with van der Waals surface area (Å²) in [5.74, 6) is 7.07. The lowest BCUT2D eigenvalue weighted by atomic mass is 9.45. The number of aliphatic hydroxyl groups is 2. The number of benzene rings is 2. The Hall–Kier alpha value is -4.28. The van der Waals surface area contributed by atoms with Gasteiger partial charge in [0.1, 0.15) is 5.60 Å². The normalized spacial score (nSPS) is 34.7. The summed E-state index contributed by atoms with van der Waals surface area (Å²) in [4.78, 5) is 20.2. The number of methoxy groups -OCH3 is 2. The highest BCUT2D eigenvalue weighted by Gasteiger charge is 2.61. The Morgan fingerprint density at radius 2 is 1.84 bits per heavy atom. The Morgan fingerprint density at radius 1 is 1.00 bits per heavy atom. The van der Waals surface area contributed by atoms with Gasteiger partial charge >= 0.3 is 0 Å². The molecule has 12 heteroatoms. The maximum absolute atomic E-state index is 15.6. The Labute approximate surface area is 399 Å². The number of rotatable bonds is 14. The van der Waals surface area contributed by atoms with Crippen LogP contribution in [0.3, 0.4) is 0 Å². The fourth-order valence-corrected chi connectivity index (χ4v) is 14.9. The first-order chi connectivity index (χ1) is 32.5. The molecule has 5 fully saturated rings. The van der Waals surface area contributed by atoms with Crippen LogP contribution in [0, 0.1) is 64.7 Å². The van der Waals surface area contributed by atoms with E-state index in [0.29, 0.717) is 79.0 Å². The number of ether oxygens (including phenoxy) is 3. The number of fused-ring (bicyclic) bond motifs is 5. The van der Waals surface area contributed by atoms with E-state index in [9.17, 15) is 20.4 Å². The SMILES string of the molecule is CCC1CCC2C(C1)C1C=CC(=O)C3(Cc4ccc(O)c(OC)c4)CCCC3CC#CNC(=NC)Nc3cc(cc(OC4(CNC)CCC(CC(O)OC)C4)c3O)C13CCCC3C2CCCO. The number of hydrogen-bond acceptors (Lipinski definition) is 10. The summed E-state index contributed by atoms with van der Waals surface area (Å²) in [7, 11) is 6.71. The zero-order chi connectivity index (χ0) is 47.3. The summed E-state index contributed by atoms with van der Waals surface area (Å²) in [6.45, 7) is 3.04. The van der Waals surface area contributed by atoms with Crippen LogP contribution < -0.4 is 25.4 Å². The van der Waals surface area contributed by atoms with Crippen molar-refractivity contribution >= 4 is 17.4 Å². The van der Waals surface area contributed by atoms with Crippen molar-refractivity contribution in [3.63, 3.8) is 0 Å². The number of likely N-dealkylation sites (N-methyl/N-ethyl adjacent to an activating group) is 1. The highest BCUT2D eigenvalue weighted by Crippen LogP contribution is 2.67. The van der Waals surface area contributed by atoms with Gasteiger partial charge in [-0.25, -0.2) is 0 Å². The van der Waals surface area contributed by atoms with Gasteiger partial charge in [-0.3, -0.25) is 15.1 Å². The molecule has 2 aromatic rings. The molecule has 1 spiro atoms. The van der Waals surface area contributed by atoms with Crippen molar-refractivity contribution in [2.75, 3.05) is 46.8 Å². The summed E-state index contributed by atoms with van der Waals surface area (Å²) in [5, 5.41) is 53.9. The molecule has 2 aromatic carbocycles. The van der Waals surface area contributed by atoms with E-state index in [1.807, 2.05) is 25.3 Å². The van der Waals surface area contributed by atoms with Gasteiger partial charge in [0.25, 0.3) is 0 Å². The van der Waals surface area contributed by atoms with Crippen molar-refractivity contribution in [3.05, 3.63) is 53.6 Å². The van der Waals surface area contributed by atoms with E-state index in [0.717, 1.165) is 94.6 Å². The molecule has 2 bridgehead atoms. The van der Waals surface area contributed by atoms with Crippen molar-refractivity contribution in [2.24, 2.45) is 57.8 Å². The van der Waals surface area contributed by atoms with E-state index >= 15 is 4.79 Å². The number of phenols is 2. The first kappa shape index (κ1) is 49.2. The molecule has 67 heavy (non-hydrogen) atoms. The number of ketones is 1. The molecule has 12 unspecified atom stereocenters. The highest BCUT2D eigenvalue weighted by atomic mass is 16.6. The third kappa shape index (κ3) is 9.69. The molecule has 6 aliphatic rings. The van der Waals surface area contributed by atoms with Gasteiger partial charge in [-0.1, -0.05) is 50.7 Å². The first-order valence-corrected chi connectivity index (χ1v) is 25.6. The van der Waals surface area contributed by atoms with Crippen LogP contribution in [0.5, 0.6) is 23.0 Å². The van der Waals surface area contributed by atoms with Crippen LogP contribution in [0.4, 0.5) is 5.69 Å². The molecule has 12 atom stereocenters. The van der Waals surface area contributed by atoms with Crippen LogP contribution >= 0.6 is 0 Å². The molecule has 1 heterocycles. The Kier molecular flexibility index (Phi) is 15.5. The van der Waals surface area contributed by atoms with Gasteiger partial charge in [0, 0.05) is 57.0 Å². The monoisotopic (exact) mass is 923 g/mol. The molecule has 7 N–H and O–H groups in total. The Balaban J connectivity index is 1.32.